The molecule has 0 aliphatic carbocycles. The largest absolute Gasteiger partial charge is 0.294 e. The maximum Gasteiger partial charge on any atom is 0.162 e. The van der Waals surface area contributed by atoms with Crippen molar-refractivity contribution in [3.8, 4) is 11.1 Å². The van der Waals surface area contributed by atoms with Crippen LogP contribution in [0.4, 0.5) is 4.39 Å². The molecule has 0 aromatic heterocycles. The number of Topliss-reactive ketones (excluding diaryl/α,β-unsaturated/α-hetero) is 1. The highest BCUT2D eigenvalue weighted by atomic mass is 19.1. The molecule has 16 heavy (non-hydrogen) atoms. The van der Waals surface area contributed by atoms with Gasteiger partial charge in [0.1, 0.15) is 5.82 Å². The van der Waals surface area contributed by atoms with Crippen LogP contribution in [0.5, 0.6) is 0 Å². The summed E-state index contributed by atoms with van der Waals surface area (Å²) in [5, 5.41) is 0. The molecule has 80 valence electrons. The Morgan fingerprint density at radius 3 is 2.31 bits per heavy atom. The average Bonchev–Trinajstić information content (AvgIpc) is 2.30. The fourth-order valence-corrected chi connectivity index (χ4v) is 1.64. The first kappa shape index (κ1) is 10.6. The molecule has 0 aliphatic heterocycles. The maximum atomic E-state index is 14.0. The summed E-state index contributed by atoms with van der Waals surface area (Å²) >= 11 is 0. The summed E-state index contributed by atoms with van der Waals surface area (Å²) in [5.74, 6) is -0.698. The topological polar surface area (TPSA) is 17.1 Å². The summed E-state index contributed by atoms with van der Waals surface area (Å²) < 4.78 is 14.0. The number of rotatable bonds is 2. The third-order valence-electron chi connectivity index (χ3n) is 2.46. The monoisotopic (exact) mass is 214 g/mol. The molecule has 0 fully saturated rings. The molecule has 2 heteroatoms. The fraction of sp³-hybridized carbons (Fsp3) is 0.0714. The molecule has 0 heterocycles. The van der Waals surface area contributed by atoms with Crippen molar-refractivity contribution in [2.75, 3.05) is 0 Å². The van der Waals surface area contributed by atoms with Gasteiger partial charge in [0.05, 0.1) is 5.56 Å². The molecule has 0 atom stereocenters. The van der Waals surface area contributed by atoms with E-state index in [0.717, 1.165) is 5.56 Å². The fourth-order valence-electron chi connectivity index (χ4n) is 1.64. The maximum absolute atomic E-state index is 14.0. The smallest absolute Gasteiger partial charge is 0.162 e. The standard InChI is InChI=1S/C14H11FO/c1-10(16)12-8-5-9-13(14(12)15)11-6-3-2-4-7-11/h2-9H,1H3. The quantitative estimate of drug-likeness (QED) is 0.697. The molecule has 0 unspecified atom stereocenters. The zero-order valence-electron chi connectivity index (χ0n) is 8.91. The third-order valence-corrected chi connectivity index (χ3v) is 2.46. The second kappa shape index (κ2) is 4.27. The number of carbonyl (C=O) groups is 1. The van der Waals surface area contributed by atoms with Crippen LogP contribution in [0.25, 0.3) is 11.1 Å². The lowest BCUT2D eigenvalue weighted by Crippen LogP contribution is -1.98. The van der Waals surface area contributed by atoms with Gasteiger partial charge in [0, 0.05) is 5.56 Å². The van der Waals surface area contributed by atoms with E-state index in [0.29, 0.717) is 5.56 Å². The zero-order valence-corrected chi connectivity index (χ0v) is 8.91. The second-order valence-electron chi connectivity index (χ2n) is 3.59. The van der Waals surface area contributed by atoms with Gasteiger partial charge in [0.25, 0.3) is 0 Å². The van der Waals surface area contributed by atoms with Crippen LogP contribution in [-0.4, -0.2) is 5.78 Å². The van der Waals surface area contributed by atoms with Crippen molar-refractivity contribution in [2.24, 2.45) is 0 Å². The molecule has 0 saturated carbocycles. The Morgan fingerprint density at radius 2 is 1.69 bits per heavy atom. The van der Waals surface area contributed by atoms with Crippen LogP contribution in [0.1, 0.15) is 17.3 Å². The van der Waals surface area contributed by atoms with Crippen LogP contribution < -0.4 is 0 Å². The van der Waals surface area contributed by atoms with Crippen LogP contribution in [0, 0.1) is 5.82 Å². The minimum Gasteiger partial charge on any atom is -0.294 e. The van der Waals surface area contributed by atoms with Crippen molar-refractivity contribution in [1.82, 2.24) is 0 Å². The number of benzene rings is 2. The van der Waals surface area contributed by atoms with Crippen molar-refractivity contribution in [2.45, 2.75) is 6.92 Å². The van der Waals surface area contributed by atoms with Gasteiger partial charge in [-0.3, -0.25) is 4.79 Å². The Morgan fingerprint density at radius 1 is 1.00 bits per heavy atom. The summed E-state index contributed by atoms with van der Waals surface area (Å²) in [6.45, 7) is 1.37. The number of hydrogen-bond acceptors (Lipinski definition) is 1. The minimum absolute atomic E-state index is 0.140. The van der Waals surface area contributed by atoms with Crippen molar-refractivity contribution >= 4 is 5.78 Å². The van der Waals surface area contributed by atoms with E-state index in [1.54, 1.807) is 12.1 Å². The van der Waals surface area contributed by atoms with Crippen LogP contribution in [0.2, 0.25) is 0 Å². The molecule has 0 saturated heterocycles. The summed E-state index contributed by atoms with van der Waals surface area (Å²) in [6.07, 6.45) is 0. The van der Waals surface area contributed by atoms with Crippen molar-refractivity contribution in [1.29, 1.82) is 0 Å². The summed E-state index contributed by atoms with van der Waals surface area (Å²) in [6, 6.07) is 14.1. The molecule has 0 radical (unpaired) electrons. The van der Waals surface area contributed by atoms with E-state index in [9.17, 15) is 9.18 Å². The summed E-state index contributed by atoms with van der Waals surface area (Å²) in [4.78, 5) is 11.2. The summed E-state index contributed by atoms with van der Waals surface area (Å²) in [7, 11) is 0. The molecule has 0 spiro atoms. The number of carbonyl (C=O) groups excluding carboxylic acids is 1. The highest BCUT2D eigenvalue weighted by molar-refractivity contribution is 5.95. The van der Waals surface area contributed by atoms with Crippen molar-refractivity contribution in [3.63, 3.8) is 0 Å². The molecule has 0 N–H and O–H groups in total. The molecular weight excluding hydrogens is 203 g/mol. The Bertz CT molecular complexity index is 518. The first-order valence-corrected chi connectivity index (χ1v) is 5.05. The molecule has 2 rings (SSSR count). The number of ketones is 1. The lowest BCUT2D eigenvalue weighted by Gasteiger charge is -2.06. The van der Waals surface area contributed by atoms with E-state index in [4.69, 9.17) is 0 Å². The van der Waals surface area contributed by atoms with Crippen LogP contribution in [0.15, 0.2) is 48.5 Å². The van der Waals surface area contributed by atoms with E-state index in [-0.39, 0.29) is 11.3 Å². The van der Waals surface area contributed by atoms with Gasteiger partial charge in [-0.25, -0.2) is 4.39 Å². The van der Waals surface area contributed by atoms with E-state index in [1.165, 1.54) is 13.0 Å². The van der Waals surface area contributed by atoms with Gasteiger partial charge in [0.2, 0.25) is 0 Å². The van der Waals surface area contributed by atoms with Crippen LogP contribution in [-0.2, 0) is 0 Å². The molecule has 0 amide bonds. The Hall–Kier alpha value is -1.96. The van der Waals surface area contributed by atoms with E-state index >= 15 is 0 Å². The van der Waals surface area contributed by atoms with Gasteiger partial charge >= 0.3 is 0 Å². The van der Waals surface area contributed by atoms with Crippen LogP contribution in [0.3, 0.4) is 0 Å². The Balaban J connectivity index is 2.59. The normalized spacial score (nSPS) is 10.1. The van der Waals surface area contributed by atoms with Crippen molar-refractivity contribution in [3.05, 3.63) is 59.9 Å². The highest BCUT2D eigenvalue weighted by Crippen LogP contribution is 2.24. The molecule has 0 aliphatic rings. The van der Waals surface area contributed by atoms with E-state index < -0.39 is 5.82 Å². The minimum atomic E-state index is -0.443. The Labute approximate surface area is 93.5 Å². The lowest BCUT2D eigenvalue weighted by molar-refractivity contribution is 0.101. The van der Waals surface area contributed by atoms with Crippen LogP contribution >= 0.6 is 0 Å². The number of halogens is 1. The molecule has 0 bridgehead atoms. The zero-order chi connectivity index (χ0) is 11.5. The lowest BCUT2D eigenvalue weighted by atomic mass is 10.0. The molecular formula is C14H11FO. The molecule has 2 aromatic rings. The third kappa shape index (κ3) is 1.87. The van der Waals surface area contributed by atoms with Gasteiger partial charge in [-0.15, -0.1) is 0 Å². The van der Waals surface area contributed by atoms with Gasteiger partial charge in [-0.05, 0) is 18.6 Å². The Kier molecular flexibility index (Phi) is 2.82. The van der Waals surface area contributed by atoms with Gasteiger partial charge in [-0.1, -0.05) is 42.5 Å². The SMILES string of the molecule is CC(=O)c1cccc(-c2ccccc2)c1F. The molecule has 1 nitrogen and oxygen atoms in total. The van der Waals surface area contributed by atoms with Gasteiger partial charge < -0.3 is 0 Å². The van der Waals surface area contributed by atoms with Crippen molar-refractivity contribution < 1.29 is 9.18 Å². The summed E-state index contributed by atoms with van der Waals surface area (Å²) in [5.41, 5.74) is 1.39. The van der Waals surface area contributed by atoms with Gasteiger partial charge in [0.15, 0.2) is 5.78 Å². The van der Waals surface area contributed by atoms with Gasteiger partial charge in [-0.2, -0.15) is 0 Å². The molecule has 2 aromatic carbocycles. The first-order chi connectivity index (χ1) is 7.70. The number of hydrogen-bond donors (Lipinski definition) is 0. The van der Waals surface area contributed by atoms with E-state index in [1.807, 2.05) is 30.3 Å². The first-order valence-electron chi connectivity index (χ1n) is 5.05. The average molecular weight is 214 g/mol. The second-order valence-corrected chi connectivity index (χ2v) is 3.59. The predicted molar refractivity (Wildman–Crippen MR) is 61.8 cm³/mol. The van der Waals surface area contributed by atoms with E-state index in [2.05, 4.69) is 0 Å². The highest BCUT2D eigenvalue weighted by Gasteiger charge is 2.12. The predicted octanol–water partition coefficient (Wildman–Crippen LogP) is 3.70.